The zero-order chi connectivity index (χ0) is 9.26. The van der Waals surface area contributed by atoms with Gasteiger partial charge in [0.1, 0.15) is 6.33 Å². The van der Waals surface area contributed by atoms with Gasteiger partial charge in [0.05, 0.1) is 0 Å². The van der Waals surface area contributed by atoms with E-state index < -0.39 is 0 Å². The molecule has 2 amide bonds. The number of carbonyl (C=O) groups excluding carboxylic acids is 1. The van der Waals surface area contributed by atoms with Crippen molar-refractivity contribution in [3.05, 3.63) is 18.1 Å². The molecule has 0 saturated heterocycles. The zero-order valence-corrected chi connectivity index (χ0v) is 7.11. The molecule has 1 aromatic heterocycles. The molecule has 0 fully saturated rings. The van der Waals surface area contributed by atoms with Crippen LogP contribution in [0.3, 0.4) is 0 Å². The number of hydrazine groups is 1. The molecule has 0 aliphatic carbocycles. The SMILES string of the molecule is CNN1C(=O)NCc2cncnc21. The second-order valence-corrected chi connectivity index (χ2v) is 2.59. The van der Waals surface area contributed by atoms with Crippen LogP contribution in [0.2, 0.25) is 0 Å². The summed E-state index contributed by atoms with van der Waals surface area (Å²) in [5.41, 5.74) is 3.64. The third-order valence-electron chi connectivity index (χ3n) is 1.83. The van der Waals surface area contributed by atoms with Crippen LogP contribution in [-0.2, 0) is 6.54 Å². The highest BCUT2D eigenvalue weighted by atomic mass is 16.2. The van der Waals surface area contributed by atoms with E-state index in [1.54, 1.807) is 13.2 Å². The summed E-state index contributed by atoms with van der Waals surface area (Å²) in [4.78, 5) is 19.2. The number of carbonyl (C=O) groups is 1. The van der Waals surface area contributed by atoms with Gasteiger partial charge in [-0.05, 0) is 0 Å². The largest absolute Gasteiger partial charge is 0.338 e. The summed E-state index contributed by atoms with van der Waals surface area (Å²) in [5, 5.41) is 4.03. The van der Waals surface area contributed by atoms with E-state index in [0.717, 1.165) is 5.56 Å². The zero-order valence-electron chi connectivity index (χ0n) is 7.11. The molecule has 6 nitrogen and oxygen atoms in total. The van der Waals surface area contributed by atoms with Crippen LogP contribution in [0, 0.1) is 0 Å². The quantitative estimate of drug-likeness (QED) is 0.617. The topological polar surface area (TPSA) is 70.2 Å². The van der Waals surface area contributed by atoms with Crippen molar-refractivity contribution in [1.82, 2.24) is 20.7 Å². The Hall–Kier alpha value is -1.69. The molecule has 1 aliphatic heterocycles. The molecule has 0 atom stereocenters. The number of nitrogens with one attached hydrogen (secondary N) is 2. The number of rotatable bonds is 1. The van der Waals surface area contributed by atoms with Gasteiger partial charge >= 0.3 is 6.03 Å². The molecule has 2 heterocycles. The molecule has 68 valence electrons. The third-order valence-corrected chi connectivity index (χ3v) is 1.83. The molecule has 1 aromatic rings. The number of anilines is 1. The number of amides is 2. The lowest BCUT2D eigenvalue weighted by atomic mass is 10.2. The molecule has 0 spiro atoms. The van der Waals surface area contributed by atoms with Gasteiger partial charge in [-0.1, -0.05) is 0 Å². The highest BCUT2D eigenvalue weighted by molar-refractivity contribution is 5.92. The Morgan fingerprint density at radius 3 is 3.31 bits per heavy atom. The minimum atomic E-state index is -0.200. The lowest BCUT2D eigenvalue weighted by molar-refractivity contribution is 0.242. The molecule has 0 radical (unpaired) electrons. The molecule has 6 heteroatoms. The first-order chi connectivity index (χ1) is 6.33. The molecule has 0 bridgehead atoms. The molecular formula is C7H9N5O. The predicted octanol–water partition coefficient (Wildman–Crippen LogP) is -0.359. The lowest BCUT2D eigenvalue weighted by Crippen LogP contribution is -2.50. The van der Waals surface area contributed by atoms with Gasteiger partial charge in [0.15, 0.2) is 5.82 Å². The second kappa shape index (κ2) is 2.98. The lowest BCUT2D eigenvalue weighted by Gasteiger charge is -2.26. The number of hydrogen-bond donors (Lipinski definition) is 2. The molecular weight excluding hydrogens is 170 g/mol. The number of fused-ring (bicyclic) bond motifs is 1. The van der Waals surface area contributed by atoms with Crippen molar-refractivity contribution in [2.24, 2.45) is 0 Å². The van der Waals surface area contributed by atoms with Gasteiger partial charge in [0.2, 0.25) is 0 Å². The molecule has 0 saturated carbocycles. The van der Waals surface area contributed by atoms with Gasteiger partial charge in [-0.15, -0.1) is 0 Å². The monoisotopic (exact) mass is 179 g/mol. The Bertz CT molecular complexity index is 339. The van der Waals surface area contributed by atoms with Crippen LogP contribution in [0.1, 0.15) is 5.56 Å². The van der Waals surface area contributed by atoms with Gasteiger partial charge in [-0.2, -0.15) is 0 Å². The second-order valence-electron chi connectivity index (χ2n) is 2.59. The molecule has 0 aromatic carbocycles. The average molecular weight is 179 g/mol. The Kier molecular flexibility index (Phi) is 1.82. The fourth-order valence-electron chi connectivity index (χ4n) is 1.23. The summed E-state index contributed by atoms with van der Waals surface area (Å²) in [7, 11) is 1.66. The Labute approximate surface area is 75.0 Å². The molecule has 2 N–H and O–H groups in total. The summed E-state index contributed by atoms with van der Waals surface area (Å²) in [6.45, 7) is 0.479. The fourth-order valence-corrected chi connectivity index (χ4v) is 1.23. The summed E-state index contributed by atoms with van der Waals surface area (Å²) in [6, 6.07) is -0.200. The van der Waals surface area contributed by atoms with E-state index in [0.29, 0.717) is 12.4 Å². The first kappa shape index (κ1) is 7.93. The predicted molar refractivity (Wildman–Crippen MR) is 45.8 cm³/mol. The molecule has 1 aliphatic rings. The van der Waals surface area contributed by atoms with Crippen molar-refractivity contribution in [3.8, 4) is 0 Å². The first-order valence-electron chi connectivity index (χ1n) is 3.87. The number of aromatic nitrogens is 2. The van der Waals surface area contributed by atoms with Crippen LogP contribution in [-0.4, -0.2) is 23.0 Å². The van der Waals surface area contributed by atoms with Crippen molar-refractivity contribution in [2.75, 3.05) is 12.1 Å². The summed E-state index contributed by atoms with van der Waals surface area (Å²) >= 11 is 0. The highest BCUT2D eigenvalue weighted by Crippen LogP contribution is 2.17. The minimum absolute atomic E-state index is 0.200. The highest BCUT2D eigenvalue weighted by Gasteiger charge is 2.23. The van der Waals surface area contributed by atoms with E-state index in [1.165, 1.54) is 11.3 Å². The number of hydrogen-bond acceptors (Lipinski definition) is 4. The summed E-state index contributed by atoms with van der Waals surface area (Å²) in [5.74, 6) is 0.612. The van der Waals surface area contributed by atoms with E-state index in [4.69, 9.17) is 0 Å². The van der Waals surface area contributed by atoms with Crippen molar-refractivity contribution < 1.29 is 4.79 Å². The Balaban J connectivity index is 2.45. The van der Waals surface area contributed by atoms with Crippen molar-refractivity contribution >= 4 is 11.8 Å². The number of urea groups is 1. The van der Waals surface area contributed by atoms with E-state index in [-0.39, 0.29) is 6.03 Å². The van der Waals surface area contributed by atoms with Crippen LogP contribution >= 0.6 is 0 Å². The molecule has 2 rings (SSSR count). The van der Waals surface area contributed by atoms with Gasteiger partial charge in [0.25, 0.3) is 0 Å². The van der Waals surface area contributed by atoms with Crippen LogP contribution in [0.5, 0.6) is 0 Å². The minimum Gasteiger partial charge on any atom is -0.332 e. The fraction of sp³-hybridized carbons (Fsp3) is 0.286. The standard InChI is InChI=1S/C7H9N5O/c1-8-12-6-5(2-9-4-11-6)3-10-7(12)13/h2,4,8H,3H2,1H3,(H,10,13). The van der Waals surface area contributed by atoms with Crippen LogP contribution < -0.4 is 15.8 Å². The van der Waals surface area contributed by atoms with Crippen molar-refractivity contribution in [1.29, 1.82) is 0 Å². The Morgan fingerprint density at radius 1 is 1.69 bits per heavy atom. The Morgan fingerprint density at radius 2 is 2.54 bits per heavy atom. The number of nitrogens with zero attached hydrogens (tertiary/aromatic N) is 3. The third kappa shape index (κ3) is 1.20. The van der Waals surface area contributed by atoms with E-state index >= 15 is 0 Å². The molecule has 13 heavy (non-hydrogen) atoms. The molecule has 0 unspecified atom stereocenters. The first-order valence-corrected chi connectivity index (χ1v) is 3.87. The van der Waals surface area contributed by atoms with Crippen LogP contribution in [0.25, 0.3) is 0 Å². The maximum Gasteiger partial charge on any atom is 0.338 e. The van der Waals surface area contributed by atoms with E-state index in [1.807, 2.05) is 0 Å². The average Bonchev–Trinajstić information content (AvgIpc) is 2.18. The van der Waals surface area contributed by atoms with Crippen molar-refractivity contribution in [3.63, 3.8) is 0 Å². The smallest absolute Gasteiger partial charge is 0.332 e. The maximum atomic E-state index is 11.3. The summed E-state index contributed by atoms with van der Waals surface area (Å²) in [6.07, 6.45) is 3.11. The van der Waals surface area contributed by atoms with Gasteiger partial charge in [-0.25, -0.2) is 25.2 Å². The van der Waals surface area contributed by atoms with Gasteiger partial charge in [0, 0.05) is 25.4 Å². The van der Waals surface area contributed by atoms with Crippen LogP contribution in [0.15, 0.2) is 12.5 Å². The summed E-state index contributed by atoms with van der Waals surface area (Å²) < 4.78 is 0. The van der Waals surface area contributed by atoms with Gasteiger partial charge < -0.3 is 5.32 Å². The maximum absolute atomic E-state index is 11.3. The van der Waals surface area contributed by atoms with Crippen LogP contribution in [0.4, 0.5) is 10.6 Å². The van der Waals surface area contributed by atoms with E-state index in [9.17, 15) is 4.79 Å². The van der Waals surface area contributed by atoms with Crippen molar-refractivity contribution in [2.45, 2.75) is 6.54 Å². The van der Waals surface area contributed by atoms with E-state index in [2.05, 4.69) is 20.7 Å². The van der Waals surface area contributed by atoms with Gasteiger partial charge in [-0.3, -0.25) is 0 Å². The normalized spacial score (nSPS) is 15.2.